The Bertz CT molecular complexity index is 702. The SMILES string of the molecule is Nc1cccc2c1CCN2C(=O)c1cc(Cl)ccc1Br. The summed E-state index contributed by atoms with van der Waals surface area (Å²) in [5.74, 6) is -0.0660. The van der Waals surface area contributed by atoms with Gasteiger partial charge in [-0.25, -0.2) is 0 Å². The molecule has 0 saturated carbocycles. The Labute approximate surface area is 130 Å². The van der Waals surface area contributed by atoms with Gasteiger partial charge in [-0.05, 0) is 52.7 Å². The molecule has 2 N–H and O–H groups in total. The highest BCUT2D eigenvalue weighted by Crippen LogP contribution is 2.34. The maximum absolute atomic E-state index is 12.7. The summed E-state index contributed by atoms with van der Waals surface area (Å²) in [5.41, 5.74) is 9.19. The molecule has 0 radical (unpaired) electrons. The molecule has 1 aliphatic heterocycles. The van der Waals surface area contributed by atoms with Crippen LogP contribution in [0, 0.1) is 0 Å². The first-order chi connectivity index (χ1) is 9.58. The van der Waals surface area contributed by atoms with E-state index < -0.39 is 0 Å². The molecule has 0 unspecified atom stereocenters. The molecule has 1 amide bonds. The van der Waals surface area contributed by atoms with Crippen molar-refractivity contribution in [1.82, 2.24) is 0 Å². The van der Waals surface area contributed by atoms with Crippen molar-refractivity contribution in [3.8, 4) is 0 Å². The van der Waals surface area contributed by atoms with E-state index in [1.54, 1.807) is 23.1 Å². The van der Waals surface area contributed by atoms with Crippen molar-refractivity contribution in [3.63, 3.8) is 0 Å². The molecule has 0 fully saturated rings. The first-order valence-electron chi connectivity index (χ1n) is 6.22. The maximum Gasteiger partial charge on any atom is 0.259 e. The fraction of sp³-hybridized carbons (Fsp3) is 0.133. The second-order valence-electron chi connectivity index (χ2n) is 4.68. The Balaban J connectivity index is 2.02. The lowest BCUT2D eigenvalue weighted by atomic mass is 10.1. The Kier molecular flexibility index (Phi) is 3.44. The van der Waals surface area contributed by atoms with E-state index in [9.17, 15) is 4.79 Å². The van der Waals surface area contributed by atoms with Gasteiger partial charge in [0.25, 0.3) is 5.91 Å². The van der Waals surface area contributed by atoms with Gasteiger partial charge in [0, 0.05) is 33.0 Å². The minimum Gasteiger partial charge on any atom is -0.398 e. The molecule has 2 aromatic carbocycles. The molecule has 1 heterocycles. The number of carbonyl (C=O) groups is 1. The van der Waals surface area contributed by atoms with Gasteiger partial charge in [-0.1, -0.05) is 17.7 Å². The lowest BCUT2D eigenvalue weighted by Crippen LogP contribution is -2.29. The van der Waals surface area contributed by atoms with Crippen LogP contribution in [-0.4, -0.2) is 12.5 Å². The molecule has 3 rings (SSSR count). The van der Waals surface area contributed by atoms with Gasteiger partial charge >= 0.3 is 0 Å². The van der Waals surface area contributed by atoms with Crippen LogP contribution in [0.25, 0.3) is 0 Å². The van der Waals surface area contributed by atoms with Crippen molar-refractivity contribution in [2.24, 2.45) is 0 Å². The number of anilines is 2. The standard InChI is InChI=1S/C15H12BrClN2O/c16-12-5-4-9(17)8-11(12)15(20)19-7-6-10-13(18)2-1-3-14(10)19/h1-5,8H,6-7,18H2. The van der Waals surface area contributed by atoms with Gasteiger partial charge < -0.3 is 10.6 Å². The lowest BCUT2D eigenvalue weighted by Gasteiger charge is -2.18. The predicted octanol–water partition coefficient (Wildman–Crippen LogP) is 3.89. The molecule has 1 aliphatic rings. The Hall–Kier alpha value is -1.52. The number of nitrogen functional groups attached to an aromatic ring is 1. The van der Waals surface area contributed by atoms with E-state index in [-0.39, 0.29) is 5.91 Å². The highest BCUT2D eigenvalue weighted by Gasteiger charge is 2.27. The molecular weight excluding hydrogens is 340 g/mol. The highest BCUT2D eigenvalue weighted by molar-refractivity contribution is 9.10. The van der Waals surface area contributed by atoms with E-state index in [1.807, 2.05) is 18.2 Å². The third kappa shape index (κ3) is 2.19. The molecule has 0 atom stereocenters. The van der Waals surface area contributed by atoms with E-state index in [2.05, 4.69) is 15.9 Å². The average molecular weight is 352 g/mol. The smallest absolute Gasteiger partial charge is 0.259 e. The molecule has 0 aromatic heterocycles. The number of fused-ring (bicyclic) bond motifs is 1. The van der Waals surface area contributed by atoms with Gasteiger partial charge in [-0.15, -0.1) is 0 Å². The van der Waals surface area contributed by atoms with Crippen LogP contribution < -0.4 is 10.6 Å². The molecule has 0 spiro atoms. The van der Waals surface area contributed by atoms with Crippen molar-refractivity contribution >= 4 is 44.8 Å². The van der Waals surface area contributed by atoms with Crippen LogP contribution in [-0.2, 0) is 6.42 Å². The van der Waals surface area contributed by atoms with Crippen LogP contribution >= 0.6 is 27.5 Å². The fourth-order valence-corrected chi connectivity index (χ4v) is 3.07. The van der Waals surface area contributed by atoms with Crippen LogP contribution in [0.4, 0.5) is 11.4 Å². The summed E-state index contributed by atoms with van der Waals surface area (Å²) in [4.78, 5) is 14.4. The summed E-state index contributed by atoms with van der Waals surface area (Å²) < 4.78 is 0.740. The topological polar surface area (TPSA) is 46.3 Å². The quantitative estimate of drug-likeness (QED) is 0.792. The number of carbonyl (C=O) groups excluding carboxylic acids is 1. The van der Waals surface area contributed by atoms with E-state index in [1.165, 1.54) is 0 Å². The van der Waals surface area contributed by atoms with Gasteiger partial charge in [-0.3, -0.25) is 4.79 Å². The van der Waals surface area contributed by atoms with Crippen LogP contribution in [0.3, 0.4) is 0 Å². The Morgan fingerprint density at radius 1 is 1.30 bits per heavy atom. The number of rotatable bonds is 1. The van der Waals surface area contributed by atoms with Crippen molar-refractivity contribution in [3.05, 3.63) is 57.0 Å². The summed E-state index contributed by atoms with van der Waals surface area (Å²) in [6, 6.07) is 10.9. The minimum absolute atomic E-state index is 0.0660. The van der Waals surface area contributed by atoms with E-state index >= 15 is 0 Å². The third-order valence-corrected chi connectivity index (χ3v) is 4.39. The number of benzene rings is 2. The van der Waals surface area contributed by atoms with Crippen LogP contribution in [0.15, 0.2) is 40.9 Å². The number of hydrogen-bond acceptors (Lipinski definition) is 2. The number of nitrogens with zero attached hydrogens (tertiary/aromatic N) is 1. The summed E-state index contributed by atoms with van der Waals surface area (Å²) in [7, 11) is 0. The summed E-state index contributed by atoms with van der Waals surface area (Å²) in [5, 5.41) is 0.545. The van der Waals surface area contributed by atoms with Gasteiger partial charge in [-0.2, -0.15) is 0 Å². The molecular formula is C15H12BrClN2O. The van der Waals surface area contributed by atoms with Crippen molar-refractivity contribution < 1.29 is 4.79 Å². The van der Waals surface area contributed by atoms with Crippen molar-refractivity contribution in [1.29, 1.82) is 0 Å². The monoisotopic (exact) mass is 350 g/mol. The van der Waals surface area contributed by atoms with E-state index in [0.717, 1.165) is 27.8 Å². The number of halogens is 2. The largest absolute Gasteiger partial charge is 0.398 e. The predicted molar refractivity (Wildman–Crippen MR) is 85.4 cm³/mol. The molecule has 2 aromatic rings. The van der Waals surface area contributed by atoms with Crippen LogP contribution in [0.5, 0.6) is 0 Å². The molecule has 0 bridgehead atoms. The zero-order chi connectivity index (χ0) is 14.3. The first kappa shape index (κ1) is 13.5. The Morgan fingerprint density at radius 2 is 2.10 bits per heavy atom. The minimum atomic E-state index is -0.0660. The Morgan fingerprint density at radius 3 is 2.90 bits per heavy atom. The van der Waals surface area contributed by atoms with Crippen LogP contribution in [0.1, 0.15) is 15.9 Å². The van der Waals surface area contributed by atoms with Gasteiger partial charge in [0.15, 0.2) is 0 Å². The maximum atomic E-state index is 12.7. The molecule has 0 aliphatic carbocycles. The van der Waals surface area contributed by atoms with Gasteiger partial charge in [0.05, 0.1) is 5.56 Å². The van der Waals surface area contributed by atoms with Crippen molar-refractivity contribution in [2.75, 3.05) is 17.2 Å². The number of nitrogens with two attached hydrogens (primary N) is 1. The zero-order valence-corrected chi connectivity index (χ0v) is 12.9. The van der Waals surface area contributed by atoms with Gasteiger partial charge in [0.2, 0.25) is 0 Å². The molecule has 20 heavy (non-hydrogen) atoms. The van der Waals surface area contributed by atoms with Crippen LogP contribution in [0.2, 0.25) is 5.02 Å². The molecule has 0 saturated heterocycles. The van der Waals surface area contributed by atoms with E-state index in [4.69, 9.17) is 17.3 Å². The molecule has 5 heteroatoms. The number of amides is 1. The second kappa shape index (κ2) is 5.11. The summed E-state index contributed by atoms with van der Waals surface area (Å²) in [6.45, 7) is 0.640. The normalized spacial score (nSPS) is 13.4. The second-order valence-corrected chi connectivity index (χ2v) is 5.97. The average Bonchev–Trinajstić information content (AvgIpc) is 2.86. The zero-order valence-electron chi connectivity index (χ0n) is 10.6. The summed E-state index contributed by atoms with van der Waals surface area (Å²) >= 11 is 9.38. The number of hydrogen-bond donors (Lipinski definition) is 1. The third-order valence-electron chi connectivity index (χ3n) is 3.47. The lowest BCUT2D eigenvalue weighted by molar-refractivity contribution is 0.0988. The van der Waals surface area contributed by atoms with E-state index in [0.29, 0.717) is 17.1 Å². The molecule has 3 nitrogen and oxygen atoms in total. The highest BCUT2D eigenvalue weighted by atomic mass is 79.9. The fourth-order valence-electron chi connectivity index (χ4n) is 2.48. The molecule has 102 valence electrons. The summed E-state index contributed by atoms with van der Waals surface area (Å²) in [6.07, 6.45) is 0.784. The van der Waals surface area contributed by atoms with Crippen molar-refractivity contribution in [2.45, 2.75) is 6.42 Å². The first-order valence-corrected chi connectivity index (χ1v) is 7.39. The van der Waals surface area contributed by atoms with Gasteiger partial charge in [0.1, 0.15) is 0 Å².